The van der Waals surface area contributed by atoms with E-state index in [1.54, 1.807) is 17.8 Å². The lowest BCUT2D eigenvalue weighted by Gasteiger charge is -2.03. The van der Waals surface area contributed by atoms with Crippen LogP contribution in [0.15, 0.2) is 47.5 Å². The van der Waals surface area contributed by atoms with E-state index in [4.69, 9.17) is 0 Å². The maximum absolute atomic E-state index is 13.5. The summed E-state index contributed by atoms with van der Waals surface area (Å²) in [5.41, 5.74) is 0.991. The monoisotopic (exact) mass is 391 g/mol. The van der Waals surface area contributed by atoms with Crippen LogP contribution in [0.4, 0.5) is 10.1 Å². The highest BCUT2D eigenvalue weighted by atomic mass is 32.2. The molecule has 0 N–H and O–H groups in total. The second-order valence-corrected chi connectivity index (χ2v) is 7.36. The number of amides is 1. The zero-order valence-electron chi connectivity index (χ0n) is 13.7. The van der Waals surface area contributed by atoms with Crippen molar-refractivity contribution in [3.63, 3.8) is 0 Å². The van der Waals surface area contributed by atoms with Crippen molar-refractivity contribution in [2.24, 2.45) is 4.99 Å². The number of carbonyl (C=O) groups excluding carboxylic acids is 1. The molecule has 6 nitrogen and oxygen atoms in total. The summed E-state index contributed by atoms with van der Waals surface area (Å²) in [6, 6.07) is 9.77. The van der Waals surface area contributed by atoms with Crippen LogP contribution in [-0.2, 0) is 6.54 Å². The molecule has 3 rings (SSSR count). The summed E-state index contributed by atoms with van der Waals surface area (Å²) in [7, 11) is 0. The van der Waals surface area contributed by atoms with Gasteiger partial charge in [-0.25, -0.2) is 4.39 Å². The number of benzene rings is 2. The highest BCUT2D eigenvalue weighted by molar-refractivity contribution is 7.98. The number of aryl methyl sites for hydroxylation is 1. The molecule has 2 aromatic carbocycles. The Morgan fingerprint density at radius 3 is 2.69 bits per heavy atom. The summed E-state index contributed by atoms with van der Waals surface area (Å²) in [5.74, 6) is -0.0175. The number of nitrogens with zero attached hydrogens (tertiary/aromatic N) is 3. The molecular weight excluding hydrogens is 377 g/mol. The van der Waals surface area contributed by atoms with E-state index in [0.717, 1.165) is 11.3 Å². The summed E-state index contributed by atoms with van der Waals surface area (Å²) in [6.45, 7) is 0.638. The Hall–Kier alpha value is -2.52. The summed E-state index contributed by atoms with van der Waals surface area (Å²) in [5, 5.41) is 10.7. The summed E-state index contributed by atoms with van der Waals surface area (Å²) >= 11 is 2.90. The van der Waals surface area contributed by atoms with Gasteiger partial charge in [-0.05, 0) is 36.6 Å². The molecule has 1 heterocycles. The number of fused-ring (bicyclic) bond motifs is 1. The third-order valence-electron chi connectivity index (χ3n) is 3.69. The van der Waals surface area contributed by atoms with E-state index in [2.05, 4.69) is 4.99 Å². The van der Waals surface area contributed by atoms with Crippen molar-refractivity contribution in [2.45, 2.75) is 6.54 Å². The molecule has 0 saturated carbocycles. The highest BCUT2D eigenvalue weighted by Crippen LogP contribution is 2.19. The third-order valence-corrected chi connectivity index (χ3v) is 5.32. The van der Waals surface area contributed by atoms with Gasteiger partial charge in [-0.15, -0.1) is 0 Å². The maximum Gasteiger partial charge on any atom is 0.279 e. The molecule has 1 amide bonds. The van der Waals surface area contributed by atoms with Crippen molar-refractivity contribution in [3.05, 3.63) is 68.8 Å². The minimum atomic E-state index is -0.525. The molecule has 0 fully saturated rings. The van der Waals surface area contributed by atoms with Gasteiger partial charge >= 0.3 is 0 Å². The van der Waals surface area contributed by atoms with E-state index in [1.807, 2.05) is 10.8 Å². The van der Waals surface area contributed by atoms with Gasteiger partial charge in [0.25, 0.3) is 11.6 Å². The van der Waals surface area contributed by atoms with Crippen LogP contribution in [-0.4, -0.2) is 27.4 Å². The molecule has 0 atom stereocenters. The second kappa shape index (κ2) is 7.79. The highest BCUT2D eigenvalue weighted by Gasteiger charge is 2.11. The molecule has 3 aromatic rings. The van der Waals surface area contributed by atoms with E-state index in [1.165, 1.54) is 47.7 Å². The zero-order chi connectivity index (χ0) is 18.7. The Bertz CT molecular complexity index is 1040. The van der Waals surface area contributed by atoms with Crippen molar-refractivity contribution < 1.29 is 14.1 Å². The number of nitro benzene ring substituents is 1. The maximum atomic E-state index is 13.5. The van der Waals surface area contributed by atoms with E-state index in [9.17, 15) is 19.3 Å². The van der Waals surface area contributed by atoms with Crippen LogP contribution >= 0.6 is 23.1 Å². The molecule has 0 saturated heterocycles. The number of non-ortho nitro benzene ring substituents is 1. The topological polar surface area (TPSA) is 77.5 Å². The van der Waals surface area contributed by atoms with Gasteiger partial charge in [0.2, 0.25) is 0 Å². The van der Waals surface area contributed by atoms with Gasteiger partial charge < -0.3 is 4.57 Å². The number of thioether (sulfide) groups is 1. The largest absolute Gasteiger partial charge is 0.316 e. The van der Waals surface area contributed by atoms with Gasteiger partial charge in [0.15, 0.2) is 4.80 Å². The minimum absolute atomic E-state index is 0.0890. The molecular formula is C17H14FN3O3S2. The Balaban J connectivity index is 2.04. The molecule has 0 radical (unpaired) electrons. The fourth-order valence-corrected chi connectivity index (χ4v) is 3.85. The van der Waals surface area contributed by atoms with Crippen LogP contribution < -0.4 is 4.80 Å². The van der Waals surface area contributed by atoms with Gasteiger partial charge in [-0.1, -0.05) is 11.3 Å². The first-order valence-corrected chi connectivity index (χ1v) is 9.82. The number of rotatable bonds is 5. The lowest BCUT2D eigenvalue weighted by atomic mass is 10.2. The number of hydrogen-bond donors (Lipinski definition) is 0. The quantitative estimate of drug-likeness (QED) is 0.489. The summed E-state index contributed by atoms with van der Waals surface area (Å²) in [4.78, 5) is 27.3. The number of nitro groups is 1. The average molecular weight is 391 g/mol. The molecule has 0 bridgehead atoms. The van der Waals surface area contributed by atoms with Crippen LogP contribution in [0.5, 0.6) is 0 Å². The van der Waals surface area contributed by atoms with Crippen LogP contribution in [0.25, 0.3) is 10.2 Å². The number of halogens is 1. The van der Waals surface area contributed by atoms with E-state index in [0.29, 0.717) is 16.0 Å². The molecule has 26 heavy (non-hydrogen) atoms. The van der Waals surface area contributed by atoms with Crippen LogP contribution in [0.2, 0.25) is 0 Å². The average Bonchev–Trinajstić information content (AvgIpc) is 2.95. The SMILES string of the molecule is CSCCn1c(=NC(=O)c2ccc([N+](=O)[O-])cc2)sc2cc(F)ccc21. The molecule has 1 aromatic heterocycles. The van der Waals surface area contributed by atoms with Gasteiger partial charge in [0.05, 0.1) is 15.1 Å². The smallest absolute Gasteiger partial charge is 0.279 e. The molecule has 0 aliphatic carbocycles. The van der Waals surface area contributed by atoms with Crippen molar-refractivity contribution >= 4 is 44.9 Å². The first-order valence-electron chi connectivity index (χ1n) is 7.61. The Morgan fingerprint density at radius 2 is 2.04 bits per heavy atom. The van der Waals surface area contributed by atoms with E-state index < -0.39 is 10.8 Å². The van der Waals surface area contributed by atoms with Crippen LogP contribution in [0, 0.1) is 15.9 Å². The van der Waals surface area contributed by atoms with Gasteiger partial charge in [0.1, 0.15) is 5.82 Å². The molecule has 0 unspecified atom stereocenters. The molecule has 0 spiro atoms. The van der Waals surface area contributed by atoms with Crippen molar-refractivity contribution in [3.8, 4) is 0 Å². The summed E-state index contributed by atoms with van der Waals surface area (Å²) < 4.78 is 16.1. The molecule has 9 heteroatoms. The molecule has 134 valence electrons. The van der Waals surface area contributed by atoms with Crippen LogP contribution in [0.3, 0.4) is 0 Å². The van der Waals surface area contributed by atoms with Crippen molar-refractivity contribution in [1.29, 1.82) is 0 Å². The minimum Gasteiger partial charge on any atom is -0.316 e. The predicted molar refractivity (Wildman–Crippen MR) is 101 cm³/mol. The fourth-order valence-electron chi connectivity index (χ4n) is 2.41. The van der Waals surface area contributed by atoms with Crippen LogP contribution in [0.1, 0.15) is 10.4 Å². The van der Waals surface area contributed by atoms with E-state index in [-0.39, 0.29) is 17.1 Å². The first-order chi connectivity index (χ1) is 12.5. The fraction of sp³-hybridized carbons (Fsp3) is 0.176. The van der Waals surface area contributed by atoms with E-state index >= 15 is 0 Å². The molecule has 0 aliphatic rings. The normalized spacial score (nSPS) is 11.8. The Kier molecular flexibility index (Phi) is 5.48. The lowest BCUT2D eigenvalue weighted by molar-refractivity contribution is -0.384. The van der Waals surface area contributed by atoms with Gasteiger partial charge in [-0.2, -0.15) is 16.8 Å². The first kappa shape index (κ1) is 18.3. The summed E-state index contributed by atoms with van der Waals surface area (Å²) in [6.07, 6.45) is 1.98. The standard InChI is InChI=1S/C17H14FN3O3S2/c1-25-9-8-20-14-7-4-12(18)10-15(14)26-17(20)19-16(22)11-2-5-13(6-3-11)21(23)24/h2-7,10H,8-9H2,1H3. The lowest BCUT2D eigenvalue weighted by Crippen LogP contribution is -2.18. The number of carbonyl (C=O) groups is 1. The predicted octanol–water partition coefficient (Wildman–Crippen LogP) is 3.85. The third kappa shape index (κ3) is 3.83. The number of aromatic nitrogens is 1. The van der Waals surface area contributed by atoms with Gasteiger partial charge in [-0.3, -0.25) is 14.9 Å². The Morgan fingerprint density at radius 1 is 1.31 bits per heavy atom. The second-order valence-electron chi connectivity index (χ2n) is 5.36. The van der Waals surface area contributed by atoms with Crippen molar-refractivity contribution in [2.75, 3.05) is 12.0 Å². The number of thiazole rings is 1. The van der Waals surface area contributed by atoms with Crippen molar-refractivity contribution in [1.82, 2.24) is 4.57 Å². The number of hydrogen-bond acceptors (Lipinski definition) is 5. The Labute approximate surface area is 156 Å². The zero-order valence-corrected chi connectivity index (χ0v) is 15.3. The molecule has 0 aliphatic heterocycles. The van der Waals surface area contributed by atoms with Gasteiger partial charge in [0, 0.05) is 30.0 Å².